The first-order valence-electron chi connectivity index (χ1n) is 13.3. The third-order valence-electron chi connectivity index (χ3n) is 6.71. The van der Waals surface area contributed by atoms with Gasteiger partial charge in [0, 0.05) is 24.2 Å². The van der Waals surface area contributed by atoms with Crippen molar-refractivity contribution in [3.8, 4) is 35.2 Å². The van der Waals surface area contributed by atoms with Gasteiger partial charge in [-0.25, -0.2) is 9.36 Å². The zero-order valence-corrected chi connectivity index (χ0v) is 24.1. The molecule has 10 heteroatoms. The minimum absolute atomic E-state index is 0.170. The first-order valence-corrected chi connectivity index (χ1v) is 13.7. The molecule has 0 saturated carbocycles. The Morgan fingerprint density at radius 1 is 1.07 bits per heavy atom. The number of aromatic nitrogens is 2. The fourth-order valence-corrected chi connectivity index (χ4v) is 4.73. The number of methoxy groups -OCH3 is 1. The Kier molecular flexibility index (Phi) is 10.5. The number of hydrogen-bond acceptors (Lipinski definition) is 6. The lowest BCUT2D eigenvalue weighted by Gasteiger charge is -2.25. The molecule has 0 aliphatic rings. The van der Waals surface area contributed by atoms with Gasteiger partial charge in [0.05, 0.1) is 30.5 Å². The van der Waals surface area contributed by atoms with Gasteiger partial charge in [-0.2, -0.15) is 0 Å². The molecule has 2 atom stereocenters. The maximum Gasteiger partial charge on any atom is 0.329 e. The highest BCUT2D eigenvalue weighted by atomic mass is 35.5. The second-order valence-corrected chi connectivity index (χ2v) is 9.86. The summed E-state index contributed by atoms with van der Waals surface area (Å²) in [4.78, 5) is 29.8. The summed E-state index contributed by atoms with van der Waals surface area (Å²) in [6, 6.07) is 19.8. The summed E-state index contributed by atoms with van der Waals surface area (Å²) in [5.41, 5.74) is 1.74. The van der Waals surface area contributed by atoms with Crippen molar-refractivity contribution in [2.45, 2.75) is 18.9 Å². The molecule has 0 unspecified atom stereocenters. The SMILES string of the molecule is C#Cc1ccc(NC(=O)[C@H]([C@@H](C)c2ccccc2)n2c(O)c(-c3ccc(OCCOCCOC)cc3)[nH]c2=O)c(Cl)c1. The molecule has 0 bridgehead atoms. The maximum atomic E-state index is 13.8. The average Bonchev–Trinajstić information content (AvgIpc) is 3.29. The molecule has 9 nitrogen and oxygen atoms in total. The molecule has 42 heavy (non-hydrogen) atoms. The molecular weight excluding hydrogens is 558 g/mol. The molecule has 0 aliphatic carbocycles. The van der Waals surface area contributed by atoms with Crippen molar-refractivity contribution in [2.24, 2.45) is 0 Å². The van der Waals surface area contributed by atoms with Crippen LogP contribution in [0.3, 0.4) is 0 Å². The van der Waals surface area contributed by atoms with Crippen LogP contribution in [0.2, 0.25) is 5.02 Å². The molecule has 1 aromatic heterocycles. The largest absolute Gasteiger partial charge is 0.493 e. The van der Waals surface area contributed by atoms with Crippen LogP contribution in [0.15, 0.2) is 77.6 Å². The second kappa shape index (κ2) is 14.4. The van der Waals surface area contributed by atoms with Crippen LogP contribution in [0, 0.1) is 12.3 Å². The van der Waals surface area contributed by atoms with E-state index in [1.165, 1.54) is 0 Å². The molecule has 0 fully saturated rings. The summed E-state index contributed by atoms with van der Waals surface area (Å²) in [6.07, 6.45) is 5.45. The predicted octanol–water partition coefficient (Wildman–Crippen LogP) is 5.21. The van der Waals surface area contributed by atoms with Gasteiger partial charge in [-0.1, -0.05) is 54.8 Å². The number of aromatic hydroxyl groups is 1. The number of nitrogens with one attached hydrogen (secondary N) is 2. The molecule has 0 aliphatic heterocycles. The first-order chi connectivity index (χ1) is 20.3. The molecule has 218 valence electrons. The molecule has 3 aromatic carbocycles. The number of carbonyl (C=O) groups excluding carboxylic acids is 1. The Hall–Kier alpha value is -4.49. The molecule has 3 N–H and O–H groups in total. The lowest BCUT2D eigenvalue weighted by molar-refractivity contribution is -0.120. The van der Waals surface area contributed by atoms with Gasteiger partial charge in [-0.3, -0.25) is 4.79 Å². The predicted molar refractivity (Wildman–Crippen MR) is 162 cm³/mol. The normalized spacial score (nSPS) is 12.3. The van der Waals surface area contributed by atoms with E-state index in [0.717, 1.165) is 10.1 Å². The Morgan fingerprint density at radius 2 is 1.79 bits per heavy atom. The number of benzene rings is 3. The van der Waals surface area contributed by atoms with Crippen molar-refractivity contribution >= 4 is 23.2 Å². The summed E-state index contributed by atoms with van der Waals surface area (Å²) in [6.45, 7) is 3.56. The fraction of sp³-hybridized carbons (Fsp3) is 0.250. The number of hydrogen-bond donors (Lipinski definition) is 3. The second-order valence-electron chi connectivity index (χ2n) is 9.45. The van der Waals surface area contributed by atoms with Crippen molar-refractivity contribution in [1.82, 2.24) is 9.55 Å². The van der Waals surface area contributed by atoms with E-state index in [9.17, 15) is 14.7 Å². The standard InChI is InChI=1S/C32H32ClN3O6/c1-4-22-10-15-27(26(33)20-22)34-30(37)29(21(2)23-8-6-5-7-9-23)36-31(38)28(35-32(36)39)24-11-13-25(14-12-24)42-19-18-41-17-16-40-3/h1,5-15,20-21,29,38H,16-19H2,2-3H3,(H,34,37)(H,35,39)/t21-,29-/m0/s1. The molecule has 4 aromatic rings. The van der Waals surface area contributed by atoms with Gasteiger partial charge in [0.1, 0.15) is 24.1 Å². The number of halogens is 1. The van der Waals surface area contributed by atoms with Crippen LogP contribution in [-0.2, 0) is 14.3 Å². The van der Waals surface area contributed by atoms with Crippen LogP contribution < -0.4 is 15.7 Å². The Balaban J connectivity index is 1.62. The Morgan fingerprint density at radius 3 is 2.45 bits per heavy atom. The maximum absolute atomic E-state index is 13.8. The van der Waals surface area contributed by atoms with Gasteiger partial charge >= 0.3 is 5.69 Å². The monoisotopic (exact) mass is 589 g/mol. The zero-order chi connectivity index (χ0) is 30.1. The van der Waals surface area contributed by atoms with Crippen LogP contribution in [0.25, 0.3) is 11.3 Å². The number of aromatic amines is 1. The summed E-state index contributed by atoms with van der Waals surface area (Å²) in [5.74, 6) is 1.66. The van der Waals surface area contributed by atoms with E-state index < -0.39 is 23.6 Å². The van der Waals surface area contributed by atoms with Crippen molar-refractivity contribution in [3.05, 3.63) is 99.4 Å². The number of anilines is 1. The van der Waals surface area contributed by atoms with Crippen molar-refractivity contribution < 1.29 is 24.1 Å². The Bertz CT molecular complexity index is 1590. The van der Waals surface area contributed by atoms with Crippen LogP contribution in [0.1, 0.15) is 30.0 Å². The summed E-state index contributed by atoms with van der Waals surface area (Å²) < 4.78 is 17.1. The quantitative estimate of drug-likeness (QED) is 0.146. The molecule has 1 heterocycles. The topological polar surface area (TPSA) is 115 Å². The lowest BCUT2D eigenvalue weighted by atomic mass is 9.92. The number of H-pyrrole nitrogens is 1. The van der Waals surface area contributed by atoms with Gasteiger partial charge in [-0.15, -0.1) is 6.42 Å². The molecule has 1 amide bonds. The minimum atomic E-state index is -1.13. The summed E-state index contributed by atoms with van der Waals surface area (Å²) in [7, 11) is 1.61. The van der Waals surface area contributed by atoms with E-state index in [1.54, 1.807) is 49.6 Å². The van der Waals surface area contributed by atoms with Gasteiger partial charge in [0.25, 0.3) is 0 Å². The van der Waals surface area contributed by atoms with E-state index in [-0.39, 0.29) is 16.6 Å². The van der Waals surface area contributed by atoms with E-state index in [0.29, 0.717) is 49.0 Å². The Labute approximate surface area is 249 Å². The van der Waals surface area contributed by atoms with E-state index >= 15 is 0 Å². The minimum Gasteiger partial charge on any atom is -0.493 e. The number of imidazole rings is 1. The van der Waals surface area contributed by atoms with Gasteiger partial charge < -0.3 is 29.6 Å². The van der Waals surface area contributed by atoms with E-state index in [2.05, 4.69) is 16.2 Å². The average molecular weight is 590 g/mol. The van der Waals surface area contributed by atoms with Gasteiger partial charge in [-0.05, 0) is 48.0 Å². The van der Waals surface area contributed by atoms with Crippen LogP contribution in [-0.4, -0.2) is 54.1 Å². The van der Waals surface area contributed by atoms with E-state index in [1.807, 2.05) is 37.3 Å². The summed E-state index contributed by atoms with van der Waals surface area (Å²) in [5, 5.41) is 14.4. The van der Waals surface area contributed by atoms with Crippen molar-refractivity contribution in [1.29, 1.82) is 0 Å². The summed E-state index contributed by atoms with van der Waals surface area (Å²) >= 11 is 6.36. The highest BCUT2D eigenvalue weighted by molar-refractivity contribution is 6.33. The van der Waals surface area contributed by atoms with Gasteiger partial charge in [0.15, 0.2) is 0 Å². The highest BCUT2D eigenvalue weighted by Gasteiger charge is 2.33. The molecule has 0 radical (unpaired) electrons. The van der Waals surface area contributed by atoms with Crippen LogP contribution >= 0.6 is 11.6 Å². The van der Waals surface area contributed by atoms with Crippen LogP contribution in [0.4, 0.5) is 5.69 Å². The van der Waals surface area contributed by atoms with Crippen molar-refractivity contribution in [2.75, 3.05) is 38.9 Å². The smallest absolute Gasteiger partial charge is 0.329 e. The number of rotatable bonds is 13. The number of amides is 1. The fourth-order valence-electron chi connectivity index (χ4n) is 4.50. The zero-order valence-electron chi connectivity index (χ0n) is 23.3. The number of nitrogens with zero attached hydrogens (tertiary/aromatic N) is 1. The molecule has 0 spiro atoms. The number of carbonyl (C=O) groups is 1. The number of terminal acetylenes is 1. The van der Waals surface area contributed by atoms with Crippen molar-refractivity contribution in [3.63, 3.8) is 0 Å². The first kappa shape index (κ1) is 30.5. The third kappa shape index (κ3) is 7.22. The molecule has 4 rings (SSSR count). The molecule has 0 saturated heterocycles. The van der Waals surface area contributed by atoms with E-state index in [4.69, 9.17) is 32.2 Å². The lowest BCUT2D eigenvalue weighted by Crippen LogP contribution is -2.35. The van der Waals surface area contributed by atoms with Gasteiger partial charge in [0.2, 0.25) is 11.8 Å². The molecular formula is C32H32ClN3O6. The third-order valence-corrected chi connectivity index (χ3v) is 7.03. The van der Waals surface area contributed by atoms with Crippen LogP contribution in [0.5, 0.6) is 11.6 Å². The highest BCUT2D eigenvalue weighted by Crippen LogP contribution is 2.36. The number of ether oxygens (including phenoxy) is 3.